The Labute approximate surface area is 248 Å². The second kappa shape index (κ2) is 12.2. The van der Waals surface area contributed by atoms with Crippen molar-refractivity contribution in [2.24, 2.45) is 17.8 Å². The van der Waals surface area contributed by atoms with Crippen molar-refractivity contribution in [3.05, 3.63) is 63.5 Å². The third kappa shape index (κ3) is 6.13. The summed E-state index contributed by atoms with van der Waals surface area (Å²) in [6.07, 6.45) is 5.24. The number of thiazole rings is 1. The van der Waals surface area contributed by atoms with E-state index in [2.05, 4.69) is 15.3 Å². The normalized spacial score (nSPS) is 24.6. The zero-order valence-electron chi connectivity index (χ0n) is 22.4. The molecular formula is C30H28ClF4N3O3S. The maximum absolute atomic E-state index is 14.5. The van der Waals surface area contributed by atoms with E-state index in [1.807, 2.05) is 0 Å². The van der Waals surface area contributed by atoms with E-state index in [-0.39, 0.29) is 32.9 Å². The Hall–Kier alpha value is -3.18. The zero-order chi connectivity index (χ0) is 30.1. The van der Waals surface area contributed by atoms with Crippen LogP contribution in [-0.4, -0.2) is 28.4 Å². The monoisotopic (exact) mass is 621 g/mol. The molecule has 0 radical (unpaired) electrons. The largest absolute Gasteiger partial charge is 0.419 e. The third-order valence-corrected chi connectivity index (χ3v) is 9.75. The van der Waals surface area contributed by atoms with Gasteiger partial charge in [0, 0.05) is 23.1 Å². The molecule has 0 atom stereocenters. The summed E-state index contributed by atoms with van der Waals surface area (Å²) >= 11 is 7.50. The van der Waals surface area contributed by atoms with Gasteiger partial charge in [0.15, 0.2) is 5.13 Å². The Morgan fingerprint density at radius 1 is 1.07 bits per heavy atom. The van der Waals surface area contributed by atoms with Crippen molar-refractivity contribution in [1.29, 1.82) is 0 Å². The SMILES string of the molecule is O=CC1CCC(C2CCC(C=O)(c3ncc(C(=O)Nc4nc(-c5cccc(C(F)(F)F)c5F)cs4)cc3Cl)CC2)CC1. The summed E-state index contributed by atoms with van der Waals surface area (Å²) in [6, 6.07) is 4.35. The van der Waals surface area contributed by atoms with Crippen LogP contribution in [0.5, 0.6) is 0 Å². The molecule has 3 aromatic rings. The molecule has 0 bridgehead atoms. The maximum Gasteiger partial charge on any atom is 0.419 e. The number of anilines is 1. The first-order valence-electron chi connectivity index (χ1n) is 13.7. The molecular weight excluding hydrogens is 594 g/mol. The Balaban J connectivity index is 1.26. The van der Waals surface area contributed by atoms with Gasteiger partial charge in [-0.05, 0) is 81.4 Å². The van der Waals surface area contributed by atoms with Crippen LogP contribution in [0.2, 0.25) is 5.02 Å². The van der Waals surface area contributed by atoms with Crippen LogP contribution in [-0.2, 0) is 21.2 Å². The Morgan fingerprint density at radius 2 is 1.76 bits per heavy atom. The van der Waals surface area contributed by atoms with Crippen molar-refractivity contribution < 1.29 is 31.9 Å². The number of carbonyl (C=O) groups excluding carboxylic acids is 3. The Bertz CT molecular complexity index is 1480. The third-order valence-electron chi connectivity index (χ3n) is 8.70. The van der Waals surface area contributed by atoms with Crippen LogP contribution in [0.3, 0.4) is 0 Å². The highest BCUT2D eigenvalue weighted by Gasteiger charge is 2.42. The second-order valence-electron chi connectivity index (χ2n) is 11.1. The number of benzene rings is 1. The number of hydrogen-bond acceptors (Lipinski definition) is 6. The molecule has 5 rings (SSSR count). The number of hydrogen-bond donors (Lipinski definition) is 1. The smallest absolute Gasteiger partial charge is 0.303 e. The van der Waals surface area contributed by atoms with Crippen molar-refractivity contribution in [2.45, 2.75) is 63.0 Å². The van der Waals surface area contributed by atoms with Gasteiger partial charge in [-0.1, -0.05) is 17.7 Å². The summed E-state index contributed by atoms with van der Waals surface area (Å²) in [5, 5.41) is 4.13. The highest BCUT2D eigenvalue weighted by Crippen LogP contribution is 2.47. The van der Waals surface area contributed by atoms with Crippen molar-refractivity contribution in [3.8, 4) is 11.3 Å². The number of rotatable bonds is 7. The number of aromatic nitrogens is 2. The lowest BCUT2D eigenvalue weighted by atomic mass is 9.64. The Kier molecular flexibility index (Phi) is 8.80. The number of alkyl halides is 3. The minimum atomic E-state index is -4.86. The molecule has 1 N–H and O–H groups in total. The molecule has 2 aliphatic rings. The molecule has 1 aromatic carbocycles. The van der Waals surface area contributed by atoms with E-state index in [1.165, 1.54) is 23.7 Å². The quantitative estimate of drug-likeness (QED) is 0.214. The average molecular weight is 622 g/mol. The van der Waals surface area contributed by atoms with Crippen LogP contribution in [0.4, 0.5) is 22.7 Å². The van der Waals surface area contributed by atoms with Gasteiger partial charge >= 0.3 is 6.18 Å². The fraction of sp³-hybridized carbons (Fsp3) is 0.433. The molecule has 2 saturated carbocycles. The van der Waals surface area contributed by atoms with Crippen molar-refractivity contribution in [2.75, 3.05) is 5.32 Å². The molecule has 0 saturated heterocycles. The fourth-order valence-electron chi connectivity index (χ4n) is 6.29. The van der Waals surface area contributed by atoms with Gasteiger partial charge in [0.1, 0.15) is 18.4 Å². The van der Waals surface area contributed by atoms with Gasteiger partial charge < -0.3 is 9.59 Å². The number of pyridine rings is 1. The second-order valence-corrected chi connectivity index (χ2v) is 12.4. The zero-order valence-corrected chi connectivity index (χ0v) is 24.0. The van der Waals surface area contributed by atoms with Crippen molar-refractivity contribution in [3.63, 3.8) is 0 Å². The van der Waals surface area contributed by atoms with Gasteiger partial charge in [-0.15, -0.1) is 11.3 Å². The maximum atomic E-state index is 14.5. The van der Waals surface area contributed by atoms with Crippen molar-refractivity contribution >= 4 is 46.5 Å². The number of carbonyl (C=O) groups is 3. The van der Waals surface area contributed by atoms with Gasteiger partial charge in [0.05, 0.1) is 33.0 Å². The number of nitrogens with one attached hydrogen (secondary N) is 1. The number of amides is 1. The van der Waals surface area contributed by atoms with Gasteiger partial charge in [-0.2, -0.15) is 13.2 Å². The standard InChI is InChI=1S/C30H28ClF4N3O3S/c31-23-12-20(27(41)38-28-37-24(15-42-28)21-2-1-3-22(25(21)32)30(33,34)35)13-36-26(23)29(16-40)10-8-19(9-11-29)18-6-4-17(14-39)5-7-18/h1-3,12-19H,4-11H2,(H,37,38,41). The minimum absolute atomic E-state index is 0.0503. The Morgan fingerprint density at radius 3 is 2.38 bits per heavy atom. The van der Waals surface area contributed by atoms with E-state index in [0.717, 1.165) is 68.5 Å². The molecule has 2 aliphatic carbocycles. The summed E-state index contributed by atoms with van der Waals surface area (Å²) in [5.41, 5.74) is -2.10. The van der Waals surface area contributed by atoms with E-state index in [4.69, 9.17) is 11.6 Å². The molecule has 2 fully saturated rings. The molecule has 0 aliphatic heterocycles. The van der Waals surface area contributed by atoms with E-state index in [1.54, 1.807) is 0 Å². The summed E-state index contributed by atoms with van der Waals surface area (Å²) in [7, 11) is 0. The molecule has 0 spiro atoms. The van der Waals surface area contributed by atoms with Crippen LogP contribution in [0.1, 0.15) is 73.0 Å². The van der Waals surface area contributed by atoms with E-state index >= 15 is 0 Å². The molecule has 2 heterocycles. The predicted octanol–water partition coefficient (Wildman–Crippen LogP) is 7.90. The van der Waals surface area contributed by atoms with E-state index in [0.29, 0.717) is 36.4 Å². The van der Waals surface area contributed by atoms with E-state index < -0.39 is 28.9 Å². The average Bonchev–Trinajstić information content (AvgIpc) is 3.44. The topological polar surface area (TPSA) is 89.0 Å². The predicted molar refractivity (Wildman–Crippen MR) is 151 cm³/mol. The summed E-state index contributed by atoms with van der Waals surface area (Å²) in [6.45, 7) is 0. The molecule has 0 unspecified atom stereocenters. The summed E-state index contributed by atoms with van der Waals surface area (Å²) in [4.78, 5) is 44.9. The first-order chi connectivity index (χ1) is 20.0. The van der Waals surface area contributed by atoms with Gasteiger partial charge in [-0.25, -0.2) is 9.37 Å². The minimum Gasteiger partial charge on any atom is -0.303 e. The van der Waals surface area contributed by atoms with E-state index in [9.17, 15) is 31.9 Å². The van der Waals surface area contributed by atoms with Crippen molar-refractivity contribution in [1.82, 2.24) is 9.97 Å². The number of aldehydes is 2. The van der Waals surface area contributed by atoms with Gasteiger partial charge in [0.2, 0.25) is 0 Å². The lowest BCUT2D eigenvalue weighted by molar-refractivity contribution is -0.139. The lowest BCUT2D eigenvalue weighted by Gasteiger charge is -2.40. The van der Waals surface area contributed by atoms with Crippen LogP contribution in [0, 0.1) is 23.6 Å². The first-order valence-corrected chi connectivity index (χ1v) is 15.0. The highest BCUT2D eigenvalue weighted by molar-refractivity contribution is 7.14. The van der Waals surface area contributed by atoms with Crippen LogP contribution < -0.4 is 5.32 Å². The van der Waals surface area contributed by atoms with Crippen LogP contribution in [0.25, 0.3) is 11.3 Å². The molecule has 1 amide bonds. The summed E-state index contributed by atoms with van der Waals surface area (Å²) in [5.74, 6) is -0.855. The first kappa shape index (κ1) is 30.3. The molecule has 6 nitrogen and oxygen atoms in total. The number of halogens is 5. The fourth-order valence-corrected chi connectivity index (χ4v) is 7.35. The van der Waals surface area contributed by atoms with Gasteiger partial charge in [-0.3, -0.25) is 15.1 Å². The molecule has 12 heteroatoms. The molecule has 2 aromatic heterocycles. The number of nitrogens with zero attached hydrogens (tertiary/aromatic N) is 2. The summed E-state index contributed by atoms with van der Waals surface area (Å²) < 4.78 is 53.8. The van der Waals surface area contributed by atoms with Gasteiger partial charge in [0.25, 0.3) is 5.91 Å². The molecule has 222 valence electrons. The molecule has 42 heavy (non-hydrogen) atoms. The van der Waals surface area contributed by atoms with Crippen LogP contribution >= 0.6 is 22.9 Å². The lowest BCUT2D eigenvalue weighted by Crippen LogP contribution is -2.37. The van der Waals surface area contributed by atoms with Crippen LogP contribution in [0.15, 0.2) is 35.8 Å². The highest BCUT2D eigenvalue weighted by atomic mass is 35.5.